The van der Waals surface area contributed by atoms with Crippen molar-refractivity contribution in [2.45, 2.75) is 25.8 Å². The first-order valence-electron chi connectivity index (χ1n) is 5.11. The van der Waals surface area contributed by atoms with Gasteiger partial charge in [-0.1, -0.05) is 6.92 Å². The lowest BCUT2D eigenvalue weighted by Crippen LogP contribution is -2.47. The number of guanidine groups is 1. The zero-order valence-corrected chi connectivity index (χ0v) is 9.81. The summed E-state index contributed by atoms with van der Waals surface area (Å²) in [4.78, 5) is 6.56. The first-order chi connectivity index (χ1) is 6.79. The molecular formula is C9H20N4S. The molecule has 4 nitrogen and oxygen atoms in total. The van der Waals surface area contributed by atoms with E-state index in [0.717, 1.165) is 18.9 Å². The average molecular weight is 216 g/mol. The van der Waals surface area contributed by atoms with Crippen molar-refractivity contribution in [2.75, 3.05) is 25.1 Å². The van der Waals surface area contributed by atoms with Crippen LogP contribution in [0.5, 0.6) is 0 Å². The molecule has 0 aromatic rings. The molecule has 0 radical (unpaired) electrons. The van der Waals surface area contributed by atoms with E-state index in [2.05, 4.69) is 29.3 Å². The lowest BCUT2D eigenvalue weighted by molar-refractivity contribution is 0.383. The molecule has 0 spiro atoms. The summed E-state index contributed by atoms with van der Waals surface area (Å²) >= 11 is 2.00. The molecule has 1 aliphatic rings. The predicted octanol–water partition coefficient (Wildman–Crippen LogP) is 0.653. The van der Waals surface area contributed by atoms with Gasteiger partial charge in [0, 0.05) is 25.4 Å². The van der Waals surface area contributed by atoms with E-state index in [1.54, 1.807) is 0 Å². The van der Waals surface area contributed by atoms with Crippen molar-refractivity contribution in [1.29, 1.82) is 0 Å². The molecule has 1 rings (SSSR count). The second kappa shape index (κ2) is 6.14. The lowest BCUT2D eigenvalue weighted by atomic mass is 10.2. The van der Waals surface area contributed by atoms with Gasteiger partial charge >= 0.3 is 0 Å². The minimum atomic E-state index is 0.589. The molecule has 0 aromatic heterocycles. The van der Waals surface area contributed by atoms with Crippen LogP contribution in [0.2, 0.25) is 0 Å². The topological polar surface area (TPSA) is 53.6 Å². The fourth-order valence-electron chi connectivity index (χ4n) is 1.48. The summed E-state index contributed by atoms with van der Waals surface area (Å²) in [5, 5.41) is 0. The van der Waals surface area contributed by atoms with E-state index < -0.39 is 0 Å². The Morgan fingerprint density at radius 2 is 2.50 bits per heavy atom. The predicted molar refractivity (Wildman–Crippen MR) is 63.4 cm³/mol. The zero-order chi connectivity index (χ0) is 10.4. The lowest BCUT2D eigenvalue weighted by Gasteiger charge is -2.26. The minimum absolute atomic E-state index is 0.589. The van der Waals surface area contributed by atoms with Crippen molar-refractivity contribution in [3.8, 4) is 0 Å². The second-order valence-electron chi connectivity index (χ2n) is 3.48. The third kappa shape index (κ3) is 3.06. The van der Waals surface area contributed by atoms with Crippen molar-refractivity contribution in [3.05, 3.63) is 0 Å². The van der Waals surface area contributed by atoms with Gasteiger partial charge in [0.2, 0.25) is 5.96 Å². The molecule has 1 atom stereocenters. The van der Waals surface area contributed by atoms with Gasteiger partial charge in [0.05, 0.1) is 0 Å². The summed E-state index contributed by atoms with van der Waals surface area (Å²) in [6.07, 6.45) is 2.28. The molecule has 82 valence electrons. The van der Waals surface area contributed by atoms with Crippen LogP contribution in [-0.4, -0.2) is 42.0 Å². The Labute approximate surface area is 90.3 Å². The molecule has 0 saturated carbocycles. The Hall–Kier alpha value is -0.420. The Morgan fingerprint density at radius 1 is 1.71 bits per heavy atom. The molecule has 0 aliphatic carbocycles. The molecule has 5 heteroatoms. The van der Waals surface area contributed by atoms with Crippen LogP contribution < -0.4 is 11.3 Å². The fourth-order valence-corrected chi connectivity index (χ4v) is 2.74. The van der Waals surface area contributed by atoms with Gasteiger partial charge in [-0.2, -0.15) is 11.8 Å². The zero-order valence-electron chi connectivity index (χ0n) is 8.99. The molecule has 0 amide bonds. The fraction of sp³-hybridized carbons (Fsp3) is 0.889. The number of nitrogens with one attached hydrogen (secondary N) is 1. The molecule has 1 heterocycles. The number of nitrogens with two attached hydrogens (primary N) is 1. The summed E-state index contributed by atoms with van der Waals surface area (Å²) in [6, 6.07) is 0.589. The number of hydrogen-bond donors (Lipinski definition) is 2. The maximum atomic E-state index is 5.45. The Balaban J connectivity index is 2.49. The van der Waals surface area contributed by atoms with Crippen LogP contribution >= 0.6 is 11.8 Å². The minimum Gasteiger partial charge on any atom is -0.341 e. The maximum absolute atomic E-state index is 5.45. The molecule has 1 saturated heterocycles. The number of nitrogens with zero attached hydrogens (tertiary/aromatic N) is 2. The first kappa shape index (κ1) is 11.7. The SMILES string of the molecule is CCCN=C(NN)N(C)C1CCSC1. The maximum Gasteiger partial charge on any atom is 0.208 e. The van der Waals surface area contributed by atoms with E-state index >= 15 is 0 Å². The second-order valence-corrected chi connectivity index (χ2v) is 4.63. The summed E-state index contributed by atoms with van der Waals surface area (Å²) in [5.74, 6) is 8.71. The van der Waals surface area contributed by atoms with Gasteiger partial charge in [0.25, 0.3) is 0 Å². The molecular weight excluding hydrogens is 196 g/mol. The highest BCUT2D eigenvalue weighted by molar-refractivity contribution is 7.99. The number of rotatable bonds is 3. The third-order valence-electron chi connectivity index (χ3n) is 2.40. The highest BCUT2D eigenvalue weighted by Crippen LogP contribution is 2.21. The van der Waals surface area contributed by atoms with Gasteiger partial charge in [0.1, 0.15) is 0 Å². The quantitative estimate of drug-likeness (QED) is 0.315. The summed E-state index contributed by atoms with van der Waals surface area (Å²) in [7, 11) is 2.06. The van der Waals surface area contributed by atoms with E-state index in [-0.39, 0.29) is 0 Å². The number of thioether (sulfide) groups is 1. The standard InChI is InChI=1S/C9H20N4S/c1-3-5-11-9(12-10)13(2)8-4-6-14-7-8/h8H,3-7,10H2,1-2H3,(H,11,12). The van der Waals surface area contributed by atoms with E-state index in [1.165, 1.54) is 17.9 Å². The van der Waals surface area contributed by atoms with Crippen molar-refractivity contribution in [2.24, 2.45) is 10.8 Å². The third-order valence-corrected chi connectivity index (χ3v) is 3.55. The Bertz CT molecular complexity index is 189. The summed E-state index contributed by atoms with van der Waals surface area (Å²) in [5.41, 5.74) is 2.68. The van der Waals surface area contributed by atoms with Crippen LogP contribution in [-0.2, 0) is 0 Å². The smallest absolute Gasteiger partial charge is 0.208 e. The molecule has 14 heavy (non-hydrogen) atoms. The summed E-state index contributed by atoms with van der Waals surface area (Å²) < 4.78 is 0. The van der Waals surface area contributed by atoms with E-state index in [0.29, 0.717) is 6.04 Å². The van der Waals surface area contributed by atoms with Crippen LogP contribution in [0.15, 0.2) is 4.99 Å². The van der Waals surface area contributed by atoms with Crippen LogP contribution in [0.4, 0.5) is 0 Å². The number of hydrogen-bond acceptors (Lipinski definition) is 3. The van der Waals surface area contributed by atoms with E-state index in [1.807, 2.05) is 11.8 Å². The number of aliphatic imine (C=N–C) groups is 1. The molecule has 1 aliphatic heterocycles. The van der Waals surface area contributed by atoms with E-state index in [9.17, 15) is 0 Å². The van der Waals surface area contributed by atoms with Crippen LogP contribution in [0, 0.1) is 0 Å². The Morgan fingerprint density at radius 3 is 3.00 bits per heavy atom. The van der Waals surface area contributed by atoms with Crippen molar-refractivity contribution >= 4 is 17.7 Å². The van der Waals surface area contributed by atoms with Gasteiger partial charge in [-0.3, -0.25) is 10.4 Å². The Kier molecular flexibility index (Phi) is 5.11. The van der Waals surface area contributed by atoms with Crippen molar-refractivity contribution in [1.82, 2.24) is 10.3 Å². The highest BCUT2D eigenvalue weighted by atomic mass is 32.2. The molecule has 1 fully saturated rings. The van der Waals surface area contributed by atoms with Crippen molar-refractivity contribution in [3.63, 3.8) is 0 Å². The molecule has 0 aromatic carbocycles. The molecule has 1 unspecified atom stereocenters. The van der Waals surface area contributed by atoms with E-state index in [4.69, 9.17) is 5.84 Å². The molecule has 3 N–H and O–H groups in total. The summed E-state index contributed by atoms with van der Waals surface area (Å²) in [6.45, 7) is 2.95. The van der Waals surface area contributed by atoms with Gasteiger partial charge in [-0.15, -0.1) is 0 Å². The van der Waals surface area contributed by atoms with Crippen LogP contribution in [0.25, 0.3) is 0 Å². The van der Waals surface area contributed by atoms with Gasteiger partial charge in [0.15, 0.2) is 0 Å². The monoisotopic (exact) mass is 216 g/mol. The molecule has 0 bridgehead atoms. The average Bonchev–Trinajstić information content (AvgIpc) is 2.71. The van der Waals surface area contributed by atoms with Gasteiger partial charge < -0.3 is 4.90 Å². The highest BCUT2D eigenvalue weighted by Gasteiger charge is 2.21. The van der Waals surface area contributed by atoms with Gasteiger partial charge in [-0.05, 0) is 18.6 Å². The normalized spacial score (nSPS) is 22.5. The van der Waals surface area contributed by atoms with Gasteiger partial charge in [-0.25, -0.2) is 5.84 Å². The van der Waals surface area contributed by atoms with Crippen LogP contribution in [0.1, 0.15) is 19.8 Å². The van der Waals surface area contributed by atoms with Crippen molar-refractivity contribution < 1.29 is 0 Å². The van der Waals surface area contributed by atoms with Crippen LogP contribution in [0.3, 0.4) is 0 Å². The first-order valence-corrected chi connectivity index (χ1v) is 6.26. The number of hydrazine groups is 1. The largest absolute Gasteiger partial charge is 0.341 e.